The fourth-order valence-corrected chi connectivity index (χ4v) is 4.93. The summed E-state index contributed by atoms with van der Waals surface area (Å²) in [6, 6.07) is 14.0. The van der Waals surface area contributed by atoms with Crippen LogP contribution in [-0.2, 0) is 4.79 Å². The molecule has 8 heteroatoms. The van der Waals surface area contributed by atoms with Gasteiger partial charge in [0, 0.05) is 37.9 Å². The molecule has 1 saturated carbocycles. The molecule has 2 aliphatic rings. The lowest BCUT2D eigenvalue weighted by Gasteiger charge is -2.36. The summed E-state index contributed by atoms with van der Waals surface area (Å²) in [7, 11) is 0. The molecular formula is C23H23FN4O2S. The van der Waals surface area contributed by atoms with Crippen LogP contribution in [0.3, 0.4) is 0 Å². The molecule has 2 heterocycles. The smallest absolute Gasteiger partial charge is 0.262 e. The van der Waals surface area contributed by atoms with Crippen molar-refractivity contribution in [3.05, 3.63) is 64.7 Å². The van der Waals surface area contributed by atoms with E-state index in [0.717, 1.165) is 18.5 Å². The normalized spacial score (nSPS) is 16.7. The van der Waals surface area contributed by atoms with Crippen molar-refractivity contribution >= 4 is 34.3 Å². The minimum absolute atomic E-state index is 0.0176. The van der Waals surface area contributed by atoms with Crippen LogP contribution in [0.25, 0.3) is 10.9 Å². The molecule has 160 valence electrons. The summed E-state index contributed by atoms with van der Waals surface area (Å²) in [5.74, 6) is 0.0590. The van der Waals surface area contributed by atoms with E-state index >= 15 is 0 Å². The number of nitrogens with zero attached hydrogens (tertiary/aromatic N) is 4. The van der Waals surface area contributed by atoms with Crippen LogP contribution in [-0.4, -0.2) is 52.3 Å². The topological polar surface area (TPSA) is 58.4 Å². The number of aromatic nitrogens is 2. The number of piperazine rings is 1. The van der Waals surface area contributed by atoms with Gasteiger partial charge < -0.3 is 9.80 Å². The Morgan fingerprint density at radius 2 is 1.74 bits per heavy atom. The molecule has 31 heavy (non-hydrogen) atoms. The van der Waals surface area contributed by atoms with Gasteiger partial charge in [0.25, 0.3) is 5.56 Å². The highest BCUT2D eigenvalue weighted by Crippen LogP contribution is 2.36. The van der Waals surface area contributed by atoms with Crippen LogP contribution >= 0.6 is 11.8 Å². The lowest BCUT2D eigenvalue weighted by atomic mass is 10.2. The van der Waals surface area contributed by atoms with E-state index in [1.807, 2.05) is 29.2 Å². The minimum atomic E-state index is -0.249. The number of anilines is 1. The van der Waals surface area contributed by atoms with E-state index in [1.54, 1.807) is 16.7 Å². The molecule has 6 nitrogen and oxygen atoms in total. The Morgan fingerprint density at radius 1 is 1.03 bits per heavy atom. The maximum Gasteiger partial charge on any atom is 0.262 e. The Balaban J connectivity index is 1.25. The van der Waals surface area contributed by atoms with Crippen LogP contribution in [0.5, 0.6) is 0 Å². The van der Waals surface area contributed by atoms with Crippen LogP contribution < -0.4 is 10.5 Å². The maximum atomic E-state index is 13.1. The second-order valence-corrected chi connectivity index (χ2v) is 8.89. The van der Waals surface area contributed by atoms with Gasteiger partial charge in [-0.3, -0.25) is 14.2 Å². The first-order valence-electron chi connectivity index (χ1n) is 10.5. The molecule has 1 amide bonds. The van der Waals surface area contributed by atoms with Crippen molar-refractivity contribution in [2.45, 2.75) is 24.0 Å². The standard InChI is InChI=1S/C23H23FN4O2S/c24-16-5-7-17(8-6-16)26-11-13-27(14-12-26)21(29)15-31-23-25-20-4-2-1-3-19(20)22(30)28(23)18-9-10-18/h1-8,18H,9-15H2. The second kappa shape index (κ2) is 8.34. The number of hydrogen-bond acceptors (Lipinski definition) is 5. The van der Waals surface area contributed by atoms with E-state index in [9.17, 15) is 14.0 Å². The Bertz CT molecular complexity index is 1170. The molecule has 0 bridgehead atoms. The molecule has 1 aliphatic carbocycles. The molecule has 1 aliphatic heterocycles. The van der Waals surface area contributed by atoms with E-state index in [4.69, 9.17) is 0 Å². The summed E-state index contributed by atoms with van der Waals surface area (Å²) in [6.07, 6.45) is 1.96. The molecule has 3 aromatic rings. The van der Waals surface area contributed by atoms with Crippen LogP contribution in [0.1, 0.15) is 18.9 Å². The molecule has 1 aromatic heterocycles. The molecular weight excluding hydrogens is 415 g/mol. The minimum Gasteiger partial charge on any atom is -0.368 e. The van der Waals surface area contributed by atoms with Crippen LogP contribution in [0.4, 0.5) is 10.1 Å². The highest BCUT2D eigenvalue weighted by atomic mass is 32.2. The van der Waals surface area contributed by atoms with Crippen LogP contribution in [0.2, 0.25) is 0 Å². The van der Waals surface area contributed by atoms with Gasteiger partial charge >= 0.3 is 0 Å². The fraction of sp³-hybridized carbons (Fsp3) is 0.348. The highest BCUT2D eigenvalue weighted by molar-refractivity contribution is 7.99. The van der Waals surface area contributed by atoms with Gasteiger partial charge in [-0.15, -0.1) is 0 Å². The zero-order valence-electron chi connectivity index (χ0n) is 17.0. The van der Waals surface area contributed by atoms with Gasteiger partial charge in [-0.05, 0) is 49.2 Å². The van der Waals surface area contributed by atoms with E-state index < -0.39 is 0 Å². The number of fused-ring (bicyclic) bond motifs is 1. The second-order valence-electron chi connectivity index (χ2n) is 7.95. The first-order chi connectivity index (χ1) is 15.1. The summed E-state index contributed by atoms with van der Waals surface area (Å²) < 4.78 is 14.9. The Kier molecular flexibility index (Phi) is 5.40. The monoisotopic (exact) mass is 438 g/mol. The summed E-state index contributed by atoms with van der Waals surface area (Å²) in [5.41, 5.74) is 1.62. The van der Waals surface area contributed by atoms with Crippen LogP contribution in [0, 0.1) is 5.82 Å². The van der Waals surface area contributed by atoms with E-state index in [0.29, 0.717) is 42.2 Å². The summed E-state index contributed by atoms with van der Waals surface area (Å²) in [4.78, 5) is 34.5. The number of carbonyl (C=O) groups is 1. The van der Waals surface area contributed by atoms with Gasteiger partial charge in [0.15, 0.2) is 5.16 Å². The van der Waals surface area contributed by atoms with Crippen molar-refractivity contribution in [3.63, 3.8) is 0 Å². The molecule has 0 atom stereocenters. The maximum absolute atomic E-state index is 13.1. The lowest BCUT2D eigenvalue weighted by Crippen LogP contribution is -2.49. The summed E-state index contributed by atoms with van der Waals surface area (Å²) >= 11 is 1.35. The quantitative estimate of drug-likeness (QED) is 0.452. The third-order valence-electron chi connectivity index (χ3n) is 5.84. The van der Waals surface area contributed by atoms with Gasteiger partial charge in [-0.1, -0.05) is 23.9 Å². The first kappa shape index (κ1) is 20.1. The SMILES string of the molecule is O=C(CSc1nc2ccccc2c(=O)n1C1CC1)N1CCN(c2ccc(F)cc2)CC1. The fourth-order valence-electron chi connectivity index (χ4n) is 3.97. The van der Waals surface area contributed by atoms with Crippen LogP contribution in [0.15, 0.2) is 58.5 Å². The predicted molar refractivity (Wildman–Crippen MR) is 120 cm³/mol. The molecule has 0 spiro atoms. The van der Waals surface area contributed by atoms with Crippen molar-refractivity contribution in [1.82, 2.24) is 14.5 Å². The number of halogens is 1. The van der Waals surface area contributed by atoms with Crippen molar-refractivity contribution in [1.29, 1.82) is 0 Å². The van der Waals surface area contributed by atoms with Crippen molar-refractivity contribution < 1.29 is 9.18 Å². The Labute approximate surface area is 183 Å². The van der Waals surface area contributed by atoms with E-state index in [2.05, 4.69) is 9.88 Å². The van der Waals surface area contributed by atoms with Gasteiger partial charge in [-0.25, -0.2) is 9.37 Å². The number of rotatable bonds is 5. The summed E-state index contributed by atoms with van der Waals surface area (Å²) in [5, 5.41) is 1.26. The first-order valence-corrected chi connectivity index (χ1v) is 11.5. The number of amides is 1. The van der Waals surface area contributed by atoms with Crippen molar-refractivity contribution in [2.24, 2.45) is 0 Å². The molecule has 0 radical (unpaired) electrons. The third kappa shape index (κ3) is 4.17. The number of hydrogen-bond donors (Lipinski definition) is 0. The highest BCUT2D eigenvalue weighted by Gasteiger charge is 2.29. The van der Waals surface area contributed by atoms with E-state index in [-0.39, 0.29) is 29.1 Å². The van der Waals surface area contributed by atoms with Crippen molar-refractivity contribution in [3.8, 4) is 0 Å². The molecule has 2 aromatic carbocycles. The average Bonchev–Trinajstić information content (AvgIpc) is 3.63. The van der Waals surface area contributed by atoms with Gasteiger partial charge in [-0.2, -0.15) is 0 Å². The average molecular weight is 439 g/mol. The lowest BCUT2D eigenvalue weighted by molar-refractivity contribution is -0.128. The number of carbonyl (C=O) groups excluding carboxylic acids is 1. The zero-order valence-corrected chi connectivity index (χ0v) is 17.9. The van der Waals surface area contributed by atoms with Gasteiger partial charge in [0.05, 0.1) is 16.7 Å². The molecule has 0 N–H and O–H groups in total. The van der Waals surface area contributed by atoms with Gasteiger partial charge in [0.1, 0.15) is 5.82 Å². The molecule has 2 fully saturated rings. The predicted octanol–water partition coefficient (Wildman–Crippen LogP) is 3.31. The largest absolute Gasteiger partial charge is 0.368 e. The Hall–Kier alpha value is -2.87. The number of thioether (sulfide) groups is 1. The zero-order chi connectivity index (χ0) is 21.4. The number of para-hydroxylation sites is 1. The molecule has 0 unspecified atom stereocenters. The third-order valence-corrected chi connectivity index (χ3v) is 6.77. The van der Waals surface area contributed by atoms with Crippen molar-refractivity contribution in [2.75, 3.05) is 36.8 Å². The van der Waals surface area contributed by atoms with Gasteiger partial charge in [0.2, 0.25) is 5.91 Å². The number of benzene rings is 2. The Morgan fingerprint density at radius 3 is 2.45 bits per heavy atom. The summed E-state index contributed by atoms with van der Waals surface area (Å²) in [6.45, 7) is 2.67. The van der Waals surface area contributed by atoms with E-state index in [1.165, 1.54) is 23.9 Å². The molecule has 1 saturated heterocycles. The molecule has 5 rings (SSSR count).